The van der Waals surface area contributed by atoms with Crippen molar-refractivity contribution >= 4 is 16.0 Å². The van der Waals surface area contributed by atoms with E-state index in [1.807, 2.05) is 4.90 Å². The molecule has 0 radical (unpaired) electrons. The molecule has 1 aromatic rings. The Labute approximate surface area is 100 Å². The number of nitrogens with zero attached hydrogens (tertiary/aromatic N) is 3. The first-order chi connectivity index (χ1) is 8.00. The Morgan fingerprint density at radius 3 is 2.53 bits per heavy atom. The highest BCUT2D eigenvalue weighted by atomic mass is 32.2. The highest BCUT2D eigenvalue weighted by Gasteiger charge is 2.25. The molecule has 0 amide bonds. The van der Waals surface area contributed by atoms with Gasteiger partial charge in [-0.05, 0) is 0 Å². The van der Waals surface area contributed by atoms with E-state index in [9.17, 15) is 8.42 Å². The maximum Gasteiger partial charge on any atom is 0.297 e. The van der Waals surface area contributed by atoms with Gasteiger partial charge in [0.15, 0.2) is 0 Å². The molecule has 1 aromatic heterocycles. The summed E-state index contributed by atoms with van der Waals surface area (Å²) in [6.07, 6.45) is 2.75. The van der Waals surface area contributed by atoms with Gasteiger partial charge in [-0.15, -0.1) is 0 Å². The molecule has 0 aromatic carbocycles. The van der Waals surface area contributed by atoms with E-state index in [0.717, 1.165) is 0 Å². The number of aromatic nitrogens is 1. The van der Waals surface area contributed by atoms with Crippen molar-refractivity contribution < 1.29 is 12.8 Å². The van der Waals surface area contributed by atoms with Gasteiger partial charge in [-0.3, -0.25) is 0 Å². The van der Waals surface area contributed by atoms with Crippen molar-refractivity contribution in [1.29, 1.82) is 0 Å². The highest BCUT2D eigenvalue weighted by Crippen LogP contribution is 2.16. The maximum absolute atomic E-state index is 11.3. The molecule has 7 nitrogen and oxygen atoms in total. The number of oxazole rings is 1. The van der Waals surface area contributed by atoms with Gasteiger partial charge < -0.3 is 15.1 Å². The standard InChI is InChI=1S/C9H16N4O3S/c1-17(14,15)13-4-2-12(3-5-13)9-11-8(6-10)7-16-9/h7H,2-6,10H2,1H3. The number of hydrogen-bond acceptors (Lipinski definition) is 6. The van der Waals surface area contributed by atoms with Crippen LogP contribution in [-0.2, 0) is 16.6 Å². The van der Waals surface area contributed by atoms with Gasteiger partial charge >= 0.3 is 0 Å². The topological polar surface area (TPSA) is 92.7 Å². The normalized spacial score (nSPS) is 18.6. The van der Waals surface area contributed by atoms with Gasteiger partial charge in [0.1, 0.15) is 6.26 Å². The molecule has 2 heterocycles. The van der Waals surface area contributed by atoms with Crippen molar-refractivity contribution in [1.82, 2.24) is 9.29 Å². The van der Waals surface area contributed by atoms with E-state index >= 15 is 0 Å². The van der Waals surface area contributed by atoms with Crippen LogP contribution in [-0.4, -0.2) is 50.1 Å². The summed E-state index contributed by atoms with van der Waals surface area (Å²) in [5.41, 5.74) is 6.14. The van der Waals surface area contributed by atoms with Gasteiger partial charge in [0.05, 0.1) is 11.9 Å². The third-order valence-corrected chi connectivity index (χ3v) is 4.03. The molecule has 0 aliphatic carbocycles. The lowest BCUT2D eigenvalue weighted by molar-refractivity contribution is 0.374. The zero-order valence-electron chi connectivity index (χ0n) is 9.66. The minimum Gasteiger partial charge on any atom is -0.432 e. The molecule has 0 unspecified atom stereocenters. The van der Waals surface area contributed by atoms with Crippen LogP contribution in [0.1, 0.15) is 5.69 Å². The summed E-state index contributed by atoms with van der Waals surface area (Å²) in [5.74, 6) is 0. The second-order valence-corrected chi connectivity index (χ2v) is 5.96. The molecule has 1 saturated heterocycles. The molecule has 0 atom stereocenters. The molecular weight excluding hydrogens is 244 g/mol. The molecule has 17 heavy (non-hydrogen) atoms. The summed E-state index contributed by atoms with van der Waals surface area (Å²) in [7, 11) is -3.10. The first-order valence-corrected chi connectivity index (χ1v) is 7.20. The van der Waals surface area contributed by atoms with Gasteiger partial charge in [0.25, 0.3) is 6.01 Å². The third kappa shape index (κ3) is 2.76. The van der Waals surface area contributed by atoms with Gasteiger partial charge in [-0.1, -0.05) is 0 Å². The predicted octanol–water partition coefficient (Wildman–Crippen LogP) is -0.785. The SMILES string of the molecule is CS(=O)(=O)N1CCN(c2nc(CN)co2)CC1. The van der Waals surface area contributed by atoms with Crippen molar-refractivity contribution in [2.75, 3.05) is 37.3 Å². The summed E-state index contributed by atoms with van der Waals surface area (Å²) < 4.78 is 29.4. The average molecular weight is 260 g/mol. The van der Waals surface area contributed by atoms with E-state index < -0.39 is 10.0 Å². The van der Waals surface area contributed by atoms with Crippen LogP contribution < -0.4 is 10.6 Å². The largest absolute Gasteiger partial charge is 0.432 e. The average Bonchev–Trinajstić information content (AvgIpc) is 2.76. The van der Waals surface area contributed by atoms with Gasteiger partial charge in [0, 0.05) is 32.7 Å². The van der Waals surface area contributed by atoms with Crippen molar-refractivity contribution in [2.45, 2.75) is 6.54 Å². The zero-order valence-corrected chi connectivity index (χ0v) is 10.5. The van der Waals surface area contributed by atoms with Crippen LogP contribution in [0.4, 0.5) is 6.01 Å². The molecular formula is C9H16N4O3S. The predicted molar refractivity (Wildman–Crippen MR) is 63.0 cm³/mol. The van der Waals surface area contributed by atoms with Crippen LogP contribution in [0, 0.1) is 0 Å². The molecule has 0 spiro atoms. The van der Waals surface area contributed by atoms with Crippen molar-refractivity contribution in [3.8, 4) is 0 Å². The zero-order chi connectivity index (χ0) is 12.5. The van der Waals surface area contributed by atoms with Crippen LogP contribution in [0.25, 0.3) is 0 Å². The molecule has 2 rings (SSSR count). The Kier molecular flexibility index (Phi) is 3.36. The molecule has 1 fully saturated rings. The highest BCUT2D eigenvalue weighted by molar-refractivity contribution is 7.88. The van der Waals surface area contributed by atoms with Crippen LogP contribution in [0.2, 0.25) is 0 Å². The van der Waals surface area contributed by atoms with E-state index in [2.05, 4.69) is 4.98 Å². The van der Waals surface area contributed by atoms with Gasteiger partial charge in [0.2, 0.25) is 10.0 Å². The molecule has 0 bridgehead atoms. The second kappa shape index (κ2) is 4.63. The minimum atomic E-state index is -3.10. The Morgan fingerprint density at radius 2 is 2.06 bits per heavy atom. The number of nitrogens with two attached hydrogens (primary N) is 1. The summed E-state index contributed by atoms with van der Waals surface area (Å²) >= 11 is 0. The van der Waals surface area contributed by atoms with Gasteiger partial charge in [-0.25, -0.2) is 8.42 Å². The molecule has 1 aliphatic rings. The van der Waals surface area contributed by atoms with E-state index in [1.165, 1.54) is 16.8 Å². The lowest BCUT2D eigenvalue weighted by Crippen LogP contribution is -2.48. The van der Waals surface area contributed by atoms with Crippen LogP contribution in [0.5, 0.6) is 0 Å². The number of anilines is 1. The van der Waals surface area contributed by atoms with Gasteiger partial charge in [-0.2, -0.15) is 9.29 Å². The first kappa shape index (κ1) is 12.3. The molecule has 96 valence electrons. The lowest BCUT2D eigenvalue weighted by Gasteiger charge is -2.32. The first-order valence-electron chi connectivity index (χ1n) is 5.35. The Hall–Kier alpha value is -1.12. The van der Waals surface area contributed by atoms with E-state index in [1.54, 1.807) is 0 Å². The smallest absolute Gasteiger partial charge is 0.297 e. The molecule has 1 aliphatic heterocycles. The second-order valence-electron chi connectivity index (χ2n) is 3.97. The third-order valence-electron chi connectivity index (χ3n) is 2.73. The maximum atomic E-state index is 11.3. The molecule has 0 saturated carbocycles. The van der Waals surface area contributed by atoms with E-state index in [4.69, 9.17) is 10.2 Å². The van der Waals surface area contributed by atoms with E-state index in [-0.39, 0.29) is 0 Å². The number of rotatable bonds is 3. The summed E-state index contributed by atoms with van der Waals surface area (Å²) in [5, 5.41) is 0. The Bertz CT molecular complexity index is 476. The van der Waals surface area contributed by atoms with Crippen LogP contribution >= 0.6 is 0 Å². The van der Waals surface area contributed by atoms with Crippen molar-refractivity contribution in [3.05, 3.63) is 12.0 Å². The Morgan fingerprint density at radius 1 is 1.41 bits per heavy atom. The fraction of sp³-hybridized carbons (Fsp3) is 0.667. The van der Waals surface area contributed by atoms with E-state index in [0.29, 0.717) is 44.4 Å². The van der Waals surface area contributed by atoms with Crippen LogP contribution in [0.15, 0.2) is 10.7 Å². The monoisotopic (exact) mass is 260 g/mol. The Balaban J connectivity index is 1.99. The van der Waals surface area contributed by atoms with Crippen molar-refractivity contribution in [2.24, 2.45) is 5.73 Å². The summed E-state index contributed by atoms with van der Waals surface area (Å²) in [4.78, 5) is 6.12. The number of hydrogen-bond donors (Lipinski definition) is 1. The lowest BCUT2D eigenvalue weighted by atomic mass is 10.4. The molecule has 2 N–H and O–H groups in total. The minimum absolute atomic E-state index is 0.340. The fourth-order valence-corrected chi connectivity index (χ4v) is 2.57. The number of sulfonamides is 1. The summed E-state index contributed by atoms with van der Waals surface area (Å²) in [6, 6.07) is 0.513. The number of piperazine rings is 1. The molecule has 8 heteroatoms. The van der Waals surface area contributed by atoms with Crippen molar-refractivity contribution in [3.63, 3.8) is 0 Å². The quantitative estimate of drug-likeness (QED) is 0.766. The van der Waals surface area contributed by atoms with Crippen LogP contribution in [0.3, 0.4) is 0 Å². The fourth-order valence-electron chi connectivity index (χ4n) is 1.75. The summed E-state index contributed by atoms with van der Waals surface area (Å²) in [6.45, 7) is 2.42.